The summed E-state index contributed by atoms with van der Waals surface area (Å²) in [6, 6.07) is 0.531. The molecule has 0 aliphatic heterocycles. The van der Waals surface area contributed by atoms with Crippen LogP contribution in [0.15, 0.2) is 0 Å². The van der Waals surface area contributed by atoms with Crippen molar-refractivity contribution in [1.29, 1.82) is 0 Å². The number of likely N-dealkylation sites (N-methyl/N-ethyl adjacent to an activating group) is 1. The summed E-state index contributed by atoms with van der Waals surface area (Å²) in [5, 5.41) is 3.53. The fourth-order valence-electron chi connectivity index (χ4n) is 1.83. The van der Waals surface area contributed by atoms with Crippen LogP contribution in [-0.4, -0.2) is 25.3 Å². The minimum Gasteiger partial charge on any atom is -0.376 e. The van der Waals surface area contributed by atoms with Gasteiger partial charge in [-0.2, -0.15) is 0 Å². The van der Waals surface area contributed by atoms with Gasteiger partial charge in [-0.05, 0) is 25.3 Å². The molecule has 15 heavy (non-hydrogen) atoms. The van der Waals surface area contributed by atoms with Gasteiger partial charge in [0, 0.05) is 12.6 Å². The quantitative estimate of drug-likeness (QED) is 0.637. The molecule has 0 aromatic rings. The molecule has 0 spiro atoms. The van der Waals surface area contributed by atoms with Gasteiger partial charge in [0.05, 0.1) is 6.10 Å². The van der Waals surface area contributed by atoms with Gasteiger partial charge in [-0.1, -0.05) is 41.0 Å². The average molecular weight is 215 g/mol. The lowest BCUT2D eigenvalue weighted by Crippen LogP contribution is -2.41. The van der Waals surface area contributed by atoms with E-state index in [1.807, 2.05) is 0 Å². The lowest BCUT2D eigenvalue weighted by Gasteiger charge is -2.27. The first kappa shape index (κ1) is 14.9. The zero-order valence-electron chi connectivity index (χ0n) is 11.2. The molecule has 92 valence electrons. The van der Waals surface area contributed by atoms with Crippen molar-refractivity contribution >= 4 is 0 Å². The van der Waals surface area contributed by atoms with Gasteiger partial charge in [0.25, 0.3) is 0 Å². The molecule has 2 nitrogen and oxygen atoms in total. The summed E-state index contributed by atoms with van der Waals surface area (Å²) in [5.41, 5.74) is 0. The number of nitrogens with one attached hydrogen (secondary N) is 1. The minimum absolute atomic E-state index is 0.382. The molecular formula is C13H29NO. The van der Waals surface area contributed by atoms with Crippen molar-refractivity contribution in [2.45, 2.75) is 66.0 Å². The van der Waals surface area contributed by atoms with Crippen LogP contribution in [0.25, 0.3) is 0 Å². The number of ether oxygens (including phenoxy) is 1. The predicted molar refractivity (Wildman–Crippen MR) is 67.2 cm³/mol. The van der Waals surface area contributed by atoms with Crippen LogP contribution >= 0.6 is 0 Å². The van der Waals surface area contributed by atoms with Crippen molar-refractivity contribution < 1.29 is 4.74 Å². The van der Waals surface area contributed by atoms with Gasteiger partial charge in [0.1, 0.15) is 0 Å². The number of hydrogen-bond acceptors (Lipinski definition) is 2. The summed E-state index contributed by atoms with van der Waals surface area (Å²) in [4.78, 5) is 0. The third kappa shape index (κ3) is 6.91. The zero-order valence-corrected chi connectivity index (χ0v) is 11.2. The van der Waals surface area contributed by atoms with Gasteiger partial charge in [-0.3, -0.25) is 0 Å². The summed E-state index contributed by atoms with van der Waals surface area (Å²) in [7, 11) is 0. The van der Waals surface area contributed by atoms with Gasteiger partial charge >= 0.3 is 0 Å². The maximum atomic E-state index is 5.96. The summed E-state index contributed by atoms with van der Waals surface area (Å²) < 4.78 is 5.96. The first-order chi connectivity index (χ1) is 7.15. The Kier molecular flexibility index (Phi) is 9.12. The van der Waals surface area contributed by atoms with Crippen molar-refractivity contribution in [3.63, 3.8) is 0 Å². The Balaban J connectivity index is 4.05. The third-order valence-electron chi connectivity index (χ3n) is 2.56. The molecule has 0 amide bonds. The van der Waals surface area contributed by atoms with Gasteiger partial charge in [-0.15, -0.1) is 0 Å². The van der Waals surface area contributed by atoms with Gasteiger partial charge in [-0.25, -0.2) is 0 Å². The highest BCUT2D eigenvalue weighted by molar-refractivity contribution is 4.75. The molecule has 0 rings (SSSR count). The monoisotopic (exact) mass is 215 g/mol. The van der Waals surface area contributed by atoms with Crippen molar-refractivity contribution in [2.24, 2.45) is 5.92 Å². The van der Waals surface area contributed by atoms with Crippen LogP contribution in [0.5, 0.6) is 0 Å². The largest absolute Gasteiger partial charge is 0.376 e. The molecule has 0 aromatic heterocycles. The minimum atomic E-state index is 0.382. The van der Waals surface area contributed by atoms with Crippen LogP contribution in [0.4, 0.5) is 0 Å². The first-order valence-electron chi connectivity index (χ1n) is 6.50. The first-order valence-corrected chi connectivity index (χ1v) is 6.50. The molecule has 0 aliphatic rings. The predicted octanol–water partition coefficient (Wildman–Crippen LogP) is 3.22. The Hall–Kier alpha value is -0.0800. The Morgan fingerprint density at radius 1 is 1.13 bits per heavy atom. The molecular weight excluding hydrogens is 186 g/mol. The second-order valence-electron chi connectivity index (χ2n) is 4.63. The SMILES string of the molecule is CCCC(NCC)C(CC)OCC(C)C. The topological polar surface area (TPSA) is 21.3 Å². The van der Waals surface area contributed by atoms with Crippen molar-refractivity contribution in [2.75, 3.05) is 13.2 Å². The summed E-state index contributed by atoms with van der Waals surface area (Å²) >= 11 is 0. The van der Waals surface area contributed by atoms with E-state index in [2.05, 4.69) is 39.9 Å². The highest BCUT2D eigenvalue weighted by Crippen LogP contribution is 2.11. The van der Waals surface area contributed by atoms with Crippen molar-refractivity contribution in [3.8, 4) is 0 Å². The van der Waals surface area contributed by atoms with E-state index < -0.39 is 0 Å². The van der Waals surface area contributed by atoms with Crippen LogP contribution in [0.2, 0.25) is 0 Å². The third-order valence-corrected chi connectivity index (χ3v) is 2.56. The van der Waals surface area contributed by atoms with E-state index in [0.717, 1.165) is 19.6 Å². The smallest absolute Gasteiger partial charge is 0.0725 e. The highest BCUT2D eigenvalue weighted by atomic mass is 16.5. The highest BCUT2D eigenvalue weighted by Gasteiger charge is 2.18. The summed E-state index contributed by atoms with van der Waals surface area (Å²) in [5.74, 6) is 0.628. The Morgan fingerprint density at radius 2 is 1.80 bits per heavy atom. The second-order valence-corrected chi connectivity index (χ2v) is 4.63. The van der Waals surface area contributed by atoms with E-state index in [1.54, 1.807) is 0 Å². The summed E-state index contributed by atoms with van der Waals surface area (Å²) in [6.07, 6.45) is 3.92. The molecule has 0 heterocycles. The molecule has 0 saturated heterocycles. The normalized spacial score (nSPS) is 15.6. The molecule has 0 aliphatic carbocycles. The van der Waals surface area contributed by atoms with Crippen molar-refractivity contribution in [1.82, 2.24) is 5.32 Å². The summed E-state index contributed by atoms with van der Waals surface area (Å²) in [6.45, 7) is 12.9. The molecule has 2 atom stereocenters. The molecule has 0 fully saturated rings. The fourth-order valence-corrected chi connectivity index (χ4v) is 1.83. The second kappa shape index (κ2) is 9.17. The van der Waals surface area contributed by atoms with E-state index in [9.17, 15) is 0 Å². The molecule has 2 unspecified atom stereocenters. The van der Waals surface area contributed by atoms with E-state index >= 15 is 0 Å². The average Bonchev–Trinajstić information content (AvgIpc) is 2.19. The van der Waals surface area contributed by atoms with Gasteiger partial charge in [0.2, 0.25) is 0 Å². The molecule has 0 bridgehead atoms. The molecule has 0 radical (unpaired) electrons. The molecule has 1 N–H and O–H groups in total. The maximum Gasteiger partial charge on any atom is 0.0725 e. The van der Waals surface area contributed by atoms with Crippen molar-refractivity contribution in [3.05, 3.63) is 0 Å². The van der Waals surface area contributed by atoms with Crippen LogP contribution in [0.1, 0.15) is 53.9 Å². The van der Waals surface area contributed by atoms with Crippen LogP contribution < -0.4 is 5.32 Å². The van der Waals surface area contributed by atoms with Gasteiger partial charge < -0.3 is 10.1 Å². The Morgan fingerprint density at radius 3 is 2.20 bits per heavy atom. The fraction of sp³-hybridized carbons (Fsp3) is 1.00. The Labute approximate surface area is 95.8 Å². The molecule has 0 aromatic carbocycles. The van der Waals surface area contributed by atoms with Crippen LogP contribution in [0, 0.1) is 5.92 Å². The van der Waals surface area contributed by atoms with Gasteiger partial charge in [0.15, 0.2) is 0 Å². The molecule has 0 saturated carbocycles. The zero-order chi connectivity index (χ0) is 11.7. The van der Waals surface area contributed by atoms with Crippen LogP contribution in [0.3, 0.4) is 0 Å². The van der Waals surface area contributed by atoms with E-state index in [0.29, 0.717) is 18.1 Å². The van der Waals surface area contributed by atoms with Crippen LogP contribution in [-0.2, 0) is 4.74 Å². The maximum absolute atomic E-state index is 5.96. The van der Waals surface area contributed by atoms with E-state index in [4.69, 9.17) is 4.74 Å². The van der Waals surface area contributed by atoms with E-state index in [-0.39, 0.29) is 0 Å². The number of rotatable bonds is 9. The Bertz CT molecular complexity index is 130. The number of hydrogen-bond donors (Lipinski definition) is 1. The van der Waals surface area contributed by atoms with E-state index in [1.165, 1.54) is 12.8 Å². The molecule has 2 heteroatoms. The lowest BCUT2D eigenvalue weighted by atomic mass is 10.0. The standard InChI is InChI=1S/C13H29NO/c1-6-9-12(14-8-3)13(7-2)15-10-11(4)5/h11-14H,6-10H2,1-5H3. The lowest BCUT2D eigenvalue weighted by molar-refractivity contribution is 0.00773.